The molecule has 31 heavy (non-hydrogen) atoms. The Labute approximate surface area is 183 Å². The smallest absolute Gasteiger partial charge is 0.297 e. The van der Waals surface area contributed by atoms with E-state index in [4.69, 9.17) is 13.7 Å². The van der Waals surface area contributed by atoms with Gasteiger partial charge in [0.25, 0.3) is 10.1 Å². The van der Waals surface area contributed by atoms with E-state index in [0.717, 1.165) is 11.1 Å². The average Bonchev–Trinajstić information content (AvgIpc) is 2.81. The zero-order valence-electron chi connectivity index (χ0n) is 17.9. The fourth-order valence-electron chi connectivity index (χ4n) is 2.95. The molecule has 0 spiro atoms. The first-order valence-electron chi connectivity index (χ1n) is 9.75. The number of benzene rings is 2. The summed E-state index contributed by atoms with van der Waals surface area (Å²) >= 11 is 0. The molecule has 0 aliphatic carbocycles. The van der Waals surface area contributed by atoms with Gasteiger partial charge in [-0.2, -0.15) is 8.42 Å². The Morgan fingerprint density at radius 3 is 1.87 bits per heavy atom. The molecule has 0 unspecified atom stereocenters. The summed E-state index contributed by atoms with van der Waals surface area (Å²) in [7, 11) is -8.11. The quantitative estimate of drug-likeness (QED) is 0.648. The Balaban J connectivity index is 1.88. The highest BCUT2D eigenvalue weighted by atomic mass is 32.2. The van der Waals surface area contributed by atoms with Crippen molar-refractivity contribution in [1.29, 1.82) is 0 Å². The number of nitrogens with one attached hydrogen (secondary N) is 1. The van der Waals surface area contributed by atoms with Gasteiger partial charge in [0.1, 0.15) is 6.10 Å². The molecule has 2 aromatic rings. The van der Waals surface area contributed by atoms with Gasteiger partial charge in [-0.15, -0.1) is 0 Å². The summed E-state index contributed by atoms with van der Waals surface area (Å²) in [5.41, 5.74) is 1.81. The van der Waals surface area contributed by atoms with Gasteiger partial charge in [0, 0.05) is 0 Å². The van der Waals surface area contributed by atoms with E-state index in [-0.39, 0.29) is 23.0 Å². The van der Waals surface area contributed by atoms with Crippen molar-refractivity contribution in [2.75, 3.05) is 13.2 Å². The minimum absolute atomic E-state index is 0.0253. The molecule has 10 heteroatoms. The van der Waals surface area contributed by atoms with Crippen LogP contribution in [0.3, 0.4) is 0 Å². The maximum Gasteiger partial charge on any atom is 0.297 e. The van der Waals surface area contributed by atoms with Gasteiger partial charge in [0.15, 0.2) is 5.79 Å². The molecule has 0 amide bonds. The second-order valence-corrected chi connectivity index (χ2v) is 11.3. The van der Waals surface area contributed by atoms with Crippen LogP contribution in [0, 0.1) is 13.8 Å². The van der Waals surface area contributed by atoms with Gasteiger partial charge in [-0.05, 0) is 52.0 Å². The lowest BCUT2D eigenvalue weighted by Crippen LogP contribution is -2.48. The summed E-state index contributed by atoms with van der Waals surface area (Å²) in [6, 6.07) is 11.5. The number of ether oxygens (including phenoxy) is 2. The molecular formula is C21H27NO7S2. The fourth-order valence-corrected chi connectivity index (χ4v) is 5.30. The first kappa shape index (κ1) is 23.8. The molecule has 0 saturated carbocycles. The Bertz CT molecular complexity index is 1020. The van der Waals surface area contributed by atoms with E-state index in [0.29, 0.717) is 0 Å². The highest BCUT2D eigenvalue weighted by Gasteiger charge is 2.38. The summed E-state index contributed by atoms with van der Waals surface area (Å²) in [5, 5.41) is 0. The van der Waals surface area contributed by atoms with E-state index in [1.165, 1.54) is 24.3 Å². The lowest BCUT2D eigenvalue weighted by molar-refractivity contribution is -0.203. The van der Waals surface area contributed by atoms with Crippen LogP contribution in [-0.4, -0.2) is 48.0 Å². The van der Waals surface area contributed by atoms with Crippen LogP contribution in [0.15, 0.2) is 58.3 Å². The van der Waals surface area contributed by atoms with Crippen LogP contribution in [0.2, 0.25) is 0 Å². The molecule has 1 fully saturated rings. The molecule has 1 heterocycles. The van der Waals surface area contributed by atoms with E-state index in [1.807, 2.05) is 13.8 Å². The molecule has 1 aliphatic heterocycles. The highest BCUT2D eigenvalue weighted by Crippen LogP contribution is 2.24. The van der Waals surface area contributed by atoms with Gasteiger partial charge in [-0.1, -0.05) is 35.4 Å². The summed E-state index contributed by atoms with van der Waals surface area (Å²) in [6.07, 6.45) is -1.13. The Hall–Kier alpha value is -1.82. The SMILES string of the molecule is Cc1ccc(S(=O)(=O)N[C@@H]2COC(C)(C)OC[C@H]2OS(=O)(=O)c2ccc(C)cc2)cc1. The highest BCUT2D eigenvalue weighted by molar-refractivity contribution is 7.89. The van der Waals surface area contributed by atoms with Crippen LogP contribution in [0.1, 0.15) is 25.0 Å². The number of hydrogen-bond acceptors (Lipinski definition) is 7. The van der Waals surface area contributed by atoms with Gasteiger partial charge >= 0.3 is 0 Å². The Morgan fingerprint density at radius 2 is 1.32 bits per heavy atom. The third kappa shape index (κ3) is 6.12. The monoisotopic (exact) mass is 469 g/mol. The predicted octanol–water partition coefficient (Wildman–Crippen LogP) is 2.51. The van der Waals surface area contributed by atoms with E-state index >= 15 is 0 Å². The normalized spacial score (nSPS) is 22.1. The summed E-state index contributed by atoms with van der Waals surface area (Å²) in [6.45, 7) is 6.70. The lowest BCUT2D eigenvalue weighted by Gasteiger charge is -2.24. The first-order chi connectivity index (χ1) is 14.4. The topological polar surface area (TPSA) is 108 Å². The molecule has 0 radical (unpaired) electrons. The maximum atomic E-state index is 12.9. The number of rotatable bonds is 6. The van der Waals surface area contributed by atoms with E-state index in [9.17, 15) is 16.8 Å². The molecule has 0 aromatic heterocycles. The lowest BCUT2D eigenvalue weighted by atomic mass is 10.2. The van der Waals surface area contributed by atoms with Crippen LogP contribution in [0.4, 0.5) is 0 Å². The number of sulfonamides is 1. The molecule has 1 saturated heterocycles. The Kier molecular flexibility index (Phi) is 6.90. The van der Waals surface area contributed by atoms with Crippen molar-refractivity contribution in [2.45, 2.75) is 55.4 Å². The summed E-state index contributed by atoms with van der Waals surface area (Å²) < 4.78 is 70.6. The number of hydrogen-bond donors (Lipinski definition) is 1. The molecule has 1 N–H and O–H groups in total. The van der Waals surface area contributed by atoms with Crippen molar-refractivity contribution in [3.63, 3.8) is 0 Å². The second kappa shape index (κ2) is 8.97. The summed E-state index contributed by atoms with van der Waals surface area (Å²) in [5.74, 6) is -1.03. The second-order valence-electron chi connectivity index (χ2n) is 7.96. The van der Waals surface area contributed by atoms with Crippen molar-refractivity contribution in [1.82, 2.24) is 4.72 Å². The van der Waals surface area contributed by atoms with E-state index in [1.54, 1.807) is 38.1 Å². The van der Waals surface area contributed by atoms with Gasteiger partial charge in [0.2, 0.25) is 10.0 Å². The molecule has 3 rings (SSSR count). The van der Waals surface area contributed by atoms with Crippen molar-refractivity contribution < 1.29 is 30.5 Å². The number of aryl methyl sites for hydroxylation is 2. The molecular weight excluding hydrogens is 442 g/mol. The molecule has 170 valence electrons. The third-order valence-electron chi connectivity index (χ3n) is 4.85. The minimum Gasteiger partial charge on any atom is -0.349 e. The molecule has 8 nitrogen and oxygen atoms in total. The van der Waals surface area contributed by atoms with Gasteiger partial charge in [-0.3, -0.25) is 4.18 Å². The standard InChI is InChI=1S/C21H27NO7S2/c1-15-5-9-17(10-6-15)30(23,24)22-19-13-27-21(3,4)28-14-20(19)29-31(25,26)18-11-7-16(2)8-12-18/h5-12,19-20,22H,13-14H2,1-4H3/t19-,20-/m1/s1. The van der Waals surface area contributed by atoms with E-state index < -0.39 is 38.1 Å². The predicted molar refractivity (Wildman–Crippen MR) is 115 cm³/mol. The van der Waals surface area contributed by atoms with Crippen LogP contribution in [0.25, 0.3) is 0 Å². The van der Waals surface area contributed by atoms with Crippen LogP contribution >= 0.6 is 0 Å². The molecule has 2 atom stereocenters. The maximum absolute atomic E-state index is 12.9. The molecule has 2 aromatic carbocycles. The third-order valence-corrected chi connectivity index (χ3v) is 7.71. The van der Waals surface area contributed by atoms with Gasteiger partial charge < -0.3 is 9.47 Å². The van der Waals surface area contributed by atoms with Gasteiger partial charge in [0.05, 0.1) is 29.0 Å². The van der Waals surface area contributed by atoms with Crippen LogP contribution < -0.4 is 4.72 Å². The van der Waals surface area contributed by atoms with Crippen molar-refractivity contribution in [2.24, 2.45) is 0 Å². The average molecular weight is 470 g/mol. The molecule has 0 bridgehead atoms. The Morgan fingerprint density at radius 1 is 0.839 bits per heavy atom. The first-order valence-corrected chi connectivity index (χ1v) is 12.6. The molecule has 1 aliphatic rings. The summed E-state index contributed by atoms with van der Waals surface area (Å²) in [4.78, 5) is 0.0327. The van der Waals surface area contributed by atoms with E-state index in [2.05, 4.69) is 4.72 Å². The minimum atomic E-state index is -4.16. The van der Waals surface area contributed by atoms with Gasteiger partial charge in [-0.25, -0.2) is 13.1 Å². The van der Waals surface area contributed by atoms with Crippen molar-refractivity contribution >= 4 is 20.1 Å². The fraction of sp³-hybridized carbons (Fsp3) is 0.429. The van der Waals surface area contributed by atoms with Crippen molar-refractivity contribution in [3.8, 4) is 0 Å². The van der Waals surface area contributed by atoms with Crippen LogP contribution in [0.5, 0.6) is 0 Å². The zero-order valence-corrected chi connectivity index (χ0v) is 19.5. The largest absolute Gasteiger partial charge is 0.349 e. The van der Waals surface area contributed by atoms with Crippen molar-refractivity contribution in [3.05, 3.63) is 59.7 Å². The van der Waals surface area contributed by atoms with Crippen LogP contribution in [-0.2, 0) is 33.8 Å². The zero-order chi connectivity index (χ0) is 22.9.